The van der Waals surface area contributed by atoms with E-state index in [0.29, 0.717) is 11.0 Å². The Labute approximate surface area is 210 Å². The van der Waals surface area contributed by atoms with Gasteiger partial charge in [-0.3, -0.25) is 9.69 Å². The molecule has 0 unspecified atom stereocenters. The second kappa shape index (κ2) is 12.0. The molecule has 0 radical (unpaired) electrons. The lowest BCUT2D eigenvalue weighted by atomic mass is 9.87. The number of aromatic nitrogens is 1. The van der Waals surface area contributed by atoms with Gasteiger partial charge in [0.1, 0.15) is 0 Å². The third-order valence-corrected chi connectivity index (χ3v) is 9.76. The lowest BCUT2D eigenvalue weighted by Gasteiger charge is -2.26. The second-order valence-electron chi connectivity index (χ2n) is 9.06. The molecule has 1 aliphatic heterocycles. The van der Waals surface area contributed by atoms with Crippen molar-refractivity contribution in [3.05, 3.63) is 36.0 Å². The van der Waals surface area contributed by atoms with Crippen molar-refractivity contribution in [3.63, 3.8) is 0 Å². The minimum atomic E-state index is -3.27. The molecule has 2 aromatic rings. The van der Waals surface area contributed by atoms with Crippen LogP contribution in [0.25, 0.3) is 0 Å². The molecule has 1 aromatic heterocycles. The maximum absolute atomic E-state index is 13.3. The van der Waals surface area contributed by atoms with E-state index < -0.39 is 9.84 Å². The summed E-state index contributed by atoms with van der Waals surface area (Å²) in [6.07, 6.45) is 8.52. The Morgan fingerprint density at radius 3 is 2.62 bits per heavy atom. The van der Waals surface area contributed by atoms with Crippen molar-refractivity contribution in [3.8, 4) is 0 Å². The normalized spacial score (nSPS) is 18.7. The Kier molecular flexibility index (Phi) is 9.03. The summed E-state index contributed by atoms with van der Waals surface area (Å²) >= 11 is 3.27. The molecule has 7 nitrogen and oxygen atoms in total. The van der Waals surface area contributed by atoms with Crippen LogP contribution in [0.4, 0.5) is 5.13 Å². The van der Waals surface area contributed by atoms with Crippen molar-refractivity contribution in [2.75, 3.05) is 50.2 Å². The van der Waals surface area contributed by atoms with E-state index in [2.05, 4.69) is 15.2 Å². The van der Waals surface area contributed by atoms with Gasteiger partial charge in [0.15, 0.2) is 15.0 Å². The average Bonchev–Trinajstić information content (AvgIpc) is 3.50. The fourth-order valence-electron chi connectivity index (χ4n) is 4.60. The number of hydrogen-bond donors (Lipinski definition) is 1. The number of carbonyl (C=O) groups excluding carboxylic acids is 1. The van der Waals surface area contributed by atoms with Crippen LogP contribution in [-0.2, 0) is 19.4 Å². The van der Waals surface area contributed by atoms with Gasteiger partial charge in [-0.1, -0.05) is 49.2 Å². The molecule has 2 heterocycles. The van der Waals surface area contributed by atoms with Gasteiger partial charge in [-0.2, -0.15) is 0 Å². The zero-order valence-electron chi connectivity index (χ0n) is 19.6. The van der Waals surface area contributed by atoms with Crippen LogP contribution >= 0.6 is 23.1 Å². The number of thiazole rings is 1. The van der Waals surface area contributed by atoms with Gasteiger partial charge in [0.2, 0.25) is 5.91 Å². The fraction of sp³-hybridized carbons (Fsp3) is 0.583. The number of amides is 1. The van der Waals surface area contributed by atoms with Gasteiger partial charge < -0.3 is 10.1 Å². The van der Waals surface area contributed by atoms with Gasteiger partial charge in [0, 0.05) is 31.6 Å². The molecule has 186 valence electrons. The van der Waals surface area contributed by atoms with E-state index in [0.717, 1.165) is 67.6 Å². The first-order valence-corrected chi connectivity index (χ1v) is 15.6. The highest BCUT2D eigenvalue weighted by molar-refractivity contribution is 8.01. The molecule has 10 heteroatoms. The fourth-order valence-corrected chi connectivity index (χ4v) is 7.18. The van der Waals surface area contributed by atoms with Gasteiger partial charge >= 0.3 is 0 Å². The molecule has 1 aromatic carbocycles. The van der Waals surface area contributed by atoms with Crippen molar-refractivity contribution in [2.45, 2.75) is 47.1 Å². The number of hydrogen-bond acceptors (Lipinski definition) is 8. The highest BCUT2D eigenvalue weighted by atomic mass is 32.2. The summed E-state index contributed by atoms with van der Waals surface area (Å²) in [4.78, 5) is 20.4. The van der Waals surface area contributed by atoms with E-state index in [4.69, 9.17) is 4.74 Å². The van der Waals surface area contributed by atoms with Crippen molar-refractivity contribution in [2.24, 2.45) is 5.92 Å². The third-order valence-electron chi connectivity index (χ3n) is 6.54. The van der Waals surface area contributed by atoms with E-state index in [1.807, 2.05) is 6.20 Å². The largest absolute Gasteiger partial charge is 0.379 e. The van der Waals surface area contributed by atoms with Crippen molar-refractivity contribution >= 4 is 44.0 Å². The van der Waals surface area contributed by atoms with Gasteiger partial charge in [0.25, 0.3) is 0 Å². The Balaban J connectivity index is 1.38. The molecule has 0 bridgehead atoms. The minimum Gasteiger partial charge on any atom is -0.379 e. The predicted molar refractivity (Wildman–Crippen MR) is 138 cm³/mol. The number of anilines is 1. The molecule has 4 rings (SSSR count). The van der Waals surface area contributed by atoms with E-state index in [9.17, 15) is 13.2 Å². The highest BCUT2D eigenvalue weighted by Gasteiger charge is 2.27. The quantitative estimate of drug-likeness (QED) is 0.465. The first-order valence-electron chi connectivity index (χ1n) is 11.9. The first kappa shape index (κ1) is 25.6. The maximum atomic E-state index is 13.3. The summed E-state index contributed by atoms with van der Waals surface area (Å²) in [5, 5.41) is 3.64. The van der Waals surface area contributed by atoms with Crippen LogP contribution in [0.5, 0.6) is 0 Å². The third kappa shape index (κ3) is 7.27. The smallest absolute Gasteiger partial charge is 0.233 e. The molecular weight excluding hydrogens is 490 g/mol. The van der Waals surface area contributed by atoms with Crippen LogP contribution in [0.1, 0.15) is 43.6 Å². The van der Waals surface area contributed by atoms with E-state index >= 15 is 0 Å². The van der Waals surface area contributed by atoms with E-state index in [1.165, 1.54) is 30.4 Å². The van der Waals surface area contributed by atoms with Crippen LogP contribution in [0, 0.1) is 5.92 Å². The number of benzene rings is 1. The number of morpholine rings is 1. The van der Waals surface area contributed by atoms with Crippen LogP contribution in [-0.4, -0.2) is 69.1 Å². The van der Waals surface area contributed by atoms with E-state index in [-0.39, 0.29) is 16.7 Å². The number of carbonyl (C=O) groups is 1. The highest BCUT2D eigenvalue weighted by Crippen LogP contribution is 2.36. The topological polar surface area (TPSA) is 88.6 Å². The molecule has 1 amide bonds. The summed E-state index contributed by atoms with van der Waals surface area (Å²) in [5.74, 6) is 1.11. The van der Waals surface area contributed by atoms with Gasteiger partial charge in [-0.15, -0.1) is 11.8 Å². The molecule has 1 atom stereocenters. The summed E-state index contributed by atoms with van der Waals surface area (Å²) in [6.45, 7) is 4.59. The standard InChI is InChI=1S/C24H33N3O4S3/c1-34(29,30)20-8-6-19(7-9-20)21(16-18-4-2-3-5-18)23(28)26-24-25-17-22(33-24)32-15-12-27-10-13-31-14-11-27/h6-9,17-18,21H,2-5,10-16H2,1H3,(H,25,26,28)/t21-/m1/s1. The molecule has 1 aliphatic carbocycles. The molecule has 1 N–H and O–H groups in total. The molecule has 0 spiro atoms. The van der Waals surface area contributed by atoms with Gasteiger partial charge in [-0.05, 0) is 30.0 Å². The molecule has 1 saturated heterocycles. The van der Waals surface area contributed by atoms with Crippen molar-refractivity contribution < 1.29 is 17.9 Å². The molecule has 2 aliphatic rings. The number of thioether (sulfide) groups is 1. The Morgan fingerprint density at radius 1 is 1.24 bits per heavy atom. The SMILES string of the molecule is CS(=O)(=O)c1ccc([C@@H](CC2CCCC2)C(=O)Nc2ncc(SCCN3CCOCC3)s2)cc1. The summed E-state index contributed by atoms with van der Waals surface area (Å²) in [6, 6.07) is 6.77. The number of rotatable bonds is 10. The minimum absolute atomic E-state index is 0.0711. The van der Waals surface area contributed by atoms with E-state index in [1.54, 1.807) is 36.0 Å². The van der Waals surface area contributed by atoms with Crippen LogP contribution < -0.4 is 5.32 Å². The number of ether oxygens (including phenoxy) is 1. The average molecular weight is 524 g/mol. The molecule has 2 fully saturated rings. The van der Waals surface area contributed by atoms with Crippen LogP contribution in [0.15, 0.2) is 39.6 Å². The lowest BCUT2D eigenvalue weighted by Crippen LogP contribution is -2.37. The summed E-state index contributed by atoms with van der Waals surface area (Å²) in [7, 11) is -3.27. The zero-order chi connectivity index (χ0) is 24.0. The van der Waals surface area contributed by atoms with Crippen LogP contribution in [0.3, 0.4) is 0 Å². The summed E-state index contributed by atoms with van der Waals surface area (Å²) < 4.78 is 30.2. The summed E-state index contributed by atoms with van der Waals surface area (Å²) in [5.41, 5.74) is 0.855. The van der Waals surface area contributed by atoms with Crippen molar-refractivity contribution in [1.82, 2.24) is 9.88 Å². The van der Waals surface area contributed by atoms with Crippen LogP contribution in [0.2, 0.25) is 0 Å². The Hall–Kier alpha value is -1.46. The molecular formula is C24H33N3O4S3. The monoisotopic (exact) mass is 523 g/mol. The number of nitrogens with zero attached hydrogens (tertiary/aromatic N) is 2. The molecule has 1 saturated carbocycles. The number of sulfone groups is 1. The zero-order valence-corrected chi connectivity index (χ0v) is 22.0. The first-order chi connectivity index (χ1) is 16.4. The Bertz CT molecular complexity index is 1040. The number of nitrogens with one attached hydrogen (secondary N) is 1. The second-order valence-corrected chi connectivity index (χ2v) is 13.5. The molecule has 34 heavy (non-hydrogen) atoms. The lowest BCUT2D eigenvalue weighted by molar-refractivity contribution is -0.118. The maximum Gasteiger partial charge on any atom is 0.233 e. The van der Waals surface area contributed by atoms with Gasteiger partial charge in [0.05, 0.1) is 34.4 Å². The predicted octanol–water partition coefficient (Wildman–Crippen LogP) is 4.27. The van der Waals surface area contributed by atoms with Gasteiger partial charge in [-0.25, -0.2) is 13.4 Å². The Morgan fingerprint density at radius 2 is 1.94 bits per heavy atom. The van der Waals surface area contributed by atoms with Crippen molar-refractivity contribution in [1.29, 1.82) is 0 Å².